The van der Waals surface area contributed by atoms with Gasteiger partial charge in [-0.05, 0) is 25.6 Å². The standard InChI is InChI=1S/C20H34O4/c1-2-3-12-15-18(21)19(22)16-13-10-8-6-4-5-7-9-11-14-17-20(23)24/h5,7,9,11,14,17-19,21-22H,2-4,6,8,10,12-13,15-16H2,1H3,(H,23,24)/i4D2,5D,6D2,7D,8D,9D,11D,14D,17D. The van der Waals surface area contributed by atoms with Crippen molar-refractivity contribution < 1.29 is 35.2 Å². The topological polar surface area (TPSA) is 77.8 Å². The summed E-state index contributed by atoms with van der Waals surface area (Å²) in [6.45, 7) is 1.99. The third kappa shape index (κ3) is 15.5. The van der Waals surface area contributed by atoms with Crippen LogP contribution in [0.2, 0.25) is 0 Å². The number of rotatable bonds is 15. The first-order valence-electron chi connectivity index (χ1n) is 13.6. The van der Waals surface area contributed by atoms with Crippen LogP contribution in [0.1, 0.15) is 86.1 Å². The largest absolute Gasteiger partial charge is 0.478 e. The highest BCUT2D eigenvalue weighted by atomic mass is 16.4. The van der Waals surface area contributed by atoms with Gasteiger partial charge in [-0.25, -0.2) is 4.79 Å². The van der Waals surface area contributed by atoms with Crippen molar-refractivity contribution in [3.63, 3.8) is 0 Å². The SMILES string of the molecule is [2H]C(C(=O)O)=C([2H])C([2H])=C([2H])C([2H])=C([2H])C([2H])([2H])C([2H])([2H])C([2H])CCCC(O)C(O)CCCCC. The van der Waals surface area contributed by atoms with Crippen LogP contribution in [0.15, 0.2) is 36.3 Å². The van der Waals surface area contributed by atoms with Gasteiger partial charge in [0.1, 0.15) is 0 Å². The number of hydrogen-bond acceptors (Lipinski definition) is 3. The summed E-state index contributed by atoms with van der Waals surface area (Å²) in [5.41, 5.74) is 0. The summed E-state index contributed by atoms with van der Waals surface area (Å²) in [5.74, 6) is -1.86. The van der Waals surface area contributed by atoms with Gasteiger partial charge in [-0.1, -0.05) is 75.7 Å². The third-order valence-electron chi connectivity index (χ3n) is 3.05. The van der Waals surface area contributed by atoms with Crippen LogP contribution in [0.4, 0.5) is 0 Å². The first kappa shape index (κ1) is 9.93. The first-order chi connectivity index (χ1) is 15.9. The van der Waals surface area contributed by atoms with Crippen molar-refractivity contribution in [2.45, 2.75) is 83.2 Å². The van der Waals surface area contributed by atoms with E-state index in [4.69, 9.17) is 20.2 Å². The lowest BCUT2D eigenvalue weighted by Crippen LogP contribution is -2.25. The number of carbonyl (C=O) groups is 1. The Morgan fingerprint density at radius 2 is 1.67 bits per heavy atom. The average molecular weight is 350 g/mol. The minimum atomic E-state index is -3.27. The van der Waals surface area contributed by atoms with Crippen LogP contribution in [0, 0.1) is 0 Å². The molecule has 0 aromatic rings. The Bertz CT molecular complexity index is 824. The second-order valence-corrected chi connectivity index (χ2v) is 5.09. The maximum absolute atomic E-state index is 10.8. The molecule has 138 valence electrons. The summed E-state index contributed by atoms with van der Waals surface area (Å²) in [4.78, 5) is 10.8. The number of carboxylic acids is 1. The van der Waals surface area contributed by atoms with E-state index in [1.165, 1.54) is 0 Å². The van der Waals surface area contributed by atoms with E-state index in [1.54, 1.807) is 0 Å². The molecule has 0 spiro atoms. The first-order valence-corrected chi connectivity index (χ1v) is 8.00. The monoisotopic (exact) mass is 349 g/mol. The van der Waals surface area contributed by atoms with Gasteiger partial charge in [0, 0.05) is 12.9 Å². The number of carboxylic acid groups (broad SMARTS) is 1. The summed E-state index contributed by atoms with van der Waals surface area (Å²) in [5, 5.41) is 28.7. The molecule has 0 aliphatic rings. The highest BCUT2D eigenvalue weighted by molar-refractivity contribution is 5.80. The van der Waals surface area contributed by atoms with Crippen LogP contribution in [0.5, 0.6) is 0 Å². The molecular formula is C20H34O4. The summed E-state index contributed by atoms with van der Waals surface area (Å²) < 4.78 is 86.0. The second kappa shape index (κ2) is 16.5. The molecule has 3 atom stereocenters. The van der Waals surface area contributed by atoms with Crippen molar-refractivity contribution in [2.75, 3.05) is 0 Å². The van der Waals surface area contributed by atoms with E-state index in [0.29, 0.717) is 6.42 Å². The van der Waals surface area contributed by atoms with Gasteiger partial charge in [0.15, 0.2) is 0 Å². The van der Waals surface area contributed by atoms with Crippen molar-refractivity contribution in [3.05, 3.63) is 36.3 Å². The van der Waals surface area contributed by atoms with Crippen LogP contribution in [-0.2, 0) is 4.79 Å². The summed E-state index contributed by atoms with van der Waals surface area (Å²) in [6, 6.07) is -7.72. The van der Waals surface area contributed by atoms with Gasteiger partial charge < -0.3 is 15.3 Å². The zero-order valence-corrected chi connectivity index (χ0v) is 13.9. The van der Waals surface area contributed by atoms with Crippen molar-refractivity contribution in [2.24, 2.45) is 0 Å². The number of hydrogen-bond donors (Lipinski definition) is 3. The van der Waals surface area contributed by atoms with Gasteiger partial charge in [-0.15, -0.1) is 0 Å². The van der Waals surface area contributed by atoms with Crippen LogP contribution < -0.4 is 0 Å². The molecule has 0 rings (SSSR count). The van der Waals surface area contributed by atoms with Crippen molar-refractivity contribution >= 4 is 5.97 Å². The number of aliphatic hydroxyl groups is 2. The average Bonchev–Trinajstić information content (AvgIpc) is 2.80. The maximum atomic E-state index is 10.8. The fourth-order valence-electron chi connectivity index (χ4n) is 1.79. The van der Waals surface area contributed by atoms with E-state index < -0.39 is 73.6 Å². The zero-order chi connectivity index (χ0) is 27.7. The minimum absolute atomic E-state index is 0.0501. The van der Waals surface area contributed by atoms with Crippen molar-refractivity contribution in [1.29, 1.82) is 0 Å². The smallest absolute Gasteiger partial charge is 0.328 e. The number of unbranched alkanes of at least 4 members (excludes halogenated alkanes) is 2. The number of aliphatic hydroxyl groups excluding tert-OH is 2. The molecule has 0 heterocycles. The third-order valence-corrected chi connectivity index (χ3v) is 3.05. The van der Waals surface area contributed by atoms with E-state index in [9.17, 15) is 15.0 Å². The zero-order valence-electron chi connectivity index (χ0n) is 24.9. The van der Waals surface area contributed by atoms with Gasteiger partial charge in [-0.3, -0.25) is 0 Å². The molecule has 0 saturated carbocycles. The molecule has 0 radical (unpaired) electrons. The normalized spacial score (nSPS) is 26.4. The van der Waals surface area contributed by atoms with Gasteiger partial charge in [0.05, 0.1) is 20.4 Å². The molecule has 4 heteroatoms. The van der Waals surface area contributed by atoms with E-state index in [1.807, 2.05) is 6.92 Å². The Kier molecular flexibility index (Phi) is 6.81. The predicted octanol–water partition coefficient (Wildman–Crippen LogP) is 4.38. The van der Waals surface area contributed by atoms with Crippen molar-refractivity contribution in [3.8, 4) is 0 Å². The molecule has 4 nitrogen and oxygen atoms in total. The van der Waals surface area contributed by atoms with Gasteiger partial charge in [0.25, 0.3) is 0 Å². The molecular weight excluding hydrogens is 304 g/mol. The Morgan fingerprint density at radius 3 is 2.29 bits per heavy atom. The lowest BCUT2D eigenvalue weighted by molar-refractivity contribution is -0.131. The summed E-state index contributed by atoms with van der Waals surface area (Å²) in [7, 11) is 0. The molecule has 0 bridgehead atoms. The van der Waals surface area contributed by atoms with Crippen LogP contribution >= 0.6 is 0 Å². The molecule has 3 unspecified atom stereocenters. The lowest BCUT2D eigenvalue weighted by Gasteiger charge is -2.17. The van der Waals surface area contributed by atoms with Gasteiger partial charge >= 0.3 is 5.97 Å². The molecule has 3 N–H and O–H groups in total. The molecule has 0 amide bonds. The fourth-order valence-corrected chi connectivity index (χ4v) is 1.79. The maximum Gasteiger partial charge on any atom is 0.328 e. The van der Waals surface area contributed by atoms with E-state index >= 15 is 0 Å². The molecule has 0 saturated heterocycles. The molecule has 0 aromatic carbocycles. The Hall–Kier alpha value is -1.39. The fraction of sp³-hybridized carbons (Fsp3) is 0.650. The molecule has 24 heavy (non-hydrogen) atoms. The predicted molar refractivity (Wildman–Crippen MR) is 98.9 cm³/mol. The Labute approximate surface area is 162 Å². The second-order valence-electron chi connectivity index (χ2n) is 5.09. The number of allylic oxidation sites excluding steroid dienone is 5. The van der Waals surface area contributed by atoms with Gasteiger partial charge in [-0.2, -0.15) is 0 Å². The summed E-state index contributed by atoms with van der Waals surface area (Å²) in [6.07, 6.45) is -7.25. The van der Waals surface area contributed by atoms with Crippen LogP contribution in [0.3, 0.4) is 0 Å². The van der Waals surface area contributed by atoms with E-state index in [-0.39, 0.29) is 19.3 Å². The van der Waals surface area contributed by atoms with Crippen LogP contribution in [-0.4, -0.2) is 33.5 Å². The van der Waals surface area contributed by atoms with E-state index in [2.05, 4.69) is 0 Å². The molecule has 0 aliphatic heterocycles. The molecule has 0 aromatic heterocycles. The highest BCUT2D eigenvalue weighted by Gasteiger charge is 2.14. The molecule has 0 aliphatic carbocycles. The van der Waals surface area contributed by atoms with E-state index in [0.717, 1.165) is 19.3 Å². The van der Waals surface area contributed by atoms with Crippen LogP contribution in [0.25, 0.3) is 0 Å². The summed E-state index contributed by atoms with van der Waals surface area (Å²) >= 11 is 0. The minimum Gasteiger partial charge on any atom is -0.478 e. The Balaban J connectivity index is 5.59. The quantitative estimate of drug-likeness (QED) is 0.233. The lowest BCUT2D eigenvalue weighted by atomic mass is 10.0. The molecule has 0 fully saturated rings. The highest BCUT2D eigenvalue weighted by Crippen LogP contribution is 2.13. The Morgan fingerprint density at radius 1 is 1.04 bits per heavy atom. The van der Waals surface area contributed by atoms with Crippen molar-refractivity contribution in [1.82, 2.24) is 0 Å². The van der Waals surface area contributed by atoms with Gasteiger partial charge in [0.2, 0.25) is 0 Å². The number of aliphatic carboxylic acids is 1.